The van der Waals surface area contributed by atoms with Crippen LogP contribution in [0.3, 0.4) is 0 Å². The summed E-state index contributed by atoms with van der Waals surface area (Å²) in [7, 11) is 5.71. The van der Waals surface area contributed by atoms with E-state index in [4.69, 9.17) is 25.3 Å². The summed E-state index contributed by atoms with van der Waals surface area (Å²) in [6, 6.07) is 7.54. The van der Waals surface area contributed by atoms with Crippen molar-refractivity contribution in [1.29, 1.82) is 0 Å². The SMILES string of the molecule is CN(CCCC(=O)N1CCN(C([S-])[S-])CC1)C(=O)c1ccc(N(C)C)cc1.[Au]. The number of carbonyl (C=O) groups is 2. The number of rotatable bonds is 7. The molecule has 161 valence electrons. The predicted molar refractivity (Wildman–Crippen MR) is 114 cm³/mol. The fourth-order valence-electron chi connectivity index (χ4n) is 3.03. The van der Waals surface area contributed by atoms with Crippen LogP contribution in [0.4, 0.5) is 5.69 Å². The Labute approximate surface area is 194 Å². The Morgan fingerprint density at radius 1 is 1.04 bits per heavy atom. The van der Waals surface area contributed by atoms with Gasteiger partial charge < -0.3 is 44.9 Å². The smallest absolute Gasteiger partial charge is 0.253 e. The molecule has 2 amide bonds. The molecule has 0 aromatic heterocycles. The zero-order valence-corrected chi connectivity index (χ0v) is 20.4. The number of hydrogen-bond donors (Lipinski definition) is 0. The molecular weight excluding hydrogens is 577 g/mol. The van der Waals surface area contributed by atoms with E-state index in [-0.39, 0.29) is 38.9 Å². The number of piperazine rings is 1. The molecular formula is C19H28AuN4O2S2-2. The minimum absolute atomic E-state index is 0. The first-order valence-corrected chi connectivity index (χ1v) is 10.1. The van der Waals surface area contributed by atoms with Gasteiger partial charge in [-0.25, -0.2) is 4.71 Å². The maximum Gasteiger partial charge on any atom is 0.253 e. The van der Waals surface area contributed by atoms with E-state index in [1.807, 2.05) is 53.1 Å². The molecule has 0 aliphatic carbocycles. The molecule has 2 rings (SSSR count). The third kappa shape index (κ3) is 7.31. The van der Waals surface area contributed by atoms with Crippen LogP contribution >= 0.6 is 0 Å². The van der Waals surface area contributed by atoms with Gasteiger partial charge in [0.15, 0.2) is 0 Å². The third-order valence-electron chi connectivity index (χ3n) is 4.83. The molecule has 0 N–H and O–H groups in total. The first-order valence-electron chi connectivity index (χ1n) is 9.16. The second-order valence-corrected chi connectivity index (χ2v) is 8.19. The molecule has 0 spiro atoms. The van der Waals surface area contributed by atoms with Gasteiger partial charge in [-0.05, 0) is 30.7 Å². The van der Waals surface area contributed by atoms with E-state index in [0.717, 1.165) is 18.8 Å². The number of hydrogen-bond acceptors (Lipinski definition) is 6. The van der Waals surface area contributed by atoms with Crippen LogP contribution in [-0.4, -0.2) is 85.1 Å². The van der Waals surface area contributed by atoms with E-state index in [2.05, 4.69) is 0 Å². The van der Waals surface area contributed by atoms with Gasteiger partial charge >= 0.3 is 0 Å². The number of carbonyl (C=O) groups excluding carboxylic acids is 2. The summed E-state index contributed by atoms with van der Waals surface area (Å²) >= 11 is 10.2. The van der Waals surface area contributed by atoms with Gasteiger partial charge in [-0.3, -0.25) is 9.59 Å². The molecule has 1 heterocycles. The summed E-state index contributed by atoms with van der Waals surface area (Å²) in [4.78, 5) is 32.4. The van der Waals surface area contributed by atoms with Crippen LogP contribution < -0.4 is 4.90 Å². The maximum atomic E-state index is 12.5. The monoisotopic (exact) mass is 605 g/mol. The number of anilines is 1. The molecule has 1 aromatic rings. The van der Waals surface area contributed by atoms with Crippen molar-refractivity contribution < 1.29 is 32.0 Å². The van der Waals surface area contributed by atoms with Gasteiger partial charge in [-0.15, -0.1) is 0 Å². The largest absolute Gasteiger partial charge is 0.800 e. The van der Waals surface area contributed by atoms with E-state index in [1.165, 1.54) is 0 Å². The average molecular weight is 606 g/mol. The molecule has 0 saturated carbocycles. The fourth-order valence-corrected chi connectivity index (χ4v) is 3.45. The summed E-state index contributed by atoms with van der Waals surface area (Å²) in [5.41, 5.74) is 1.71. The predicted octanol–water partition coefficient (Wildman–Crippen LogP) is 1.12. The quantitative estimate of drug-likeness (QED) is 0.343. The van der Waals surface area contributed by atoms with Crippen LogP contribution in [0.25, 0.3) is 0 Å². The Kier molecular flexibility index (Phi) is 11.0. The summed E-state index contributed by atoms with van der Waals surface area (Å²) in [6.07, 6.45) is 1.10. The number of nitrogens with zero attached hydrogens (tertiary/aromatic N) is 4. The van der Waals surface area contributed by atoms with Crippen LogP contribution in [0.5, 0.6) is 0 Å². The second kappa shape index (κ2) is 12.1. The third-order valence-corrected chi connectivity index (χ3v) is 5.42. The van der Waals surface area contributed by atoms with E-state index in [1.54, 1.807) is 11.9 Å². The first kappa shape index (κ1) is 25.4. The topological polar surface area (TPSA) is 47.1 Å². The second-order valence-electron chi connectivity index (χ2n) is 7.00. The molecule has 9 heteroatoms. The van der Waals surface area contributed by atoms with Crippen molar-refractivity contribution >= 4 is 42.8 Å². The maximum absolute atomic E-state index is 12.5. The van der Waals surface area contributed by atoms with Crippen LogP contribution in [-0.2, 0) is 52.4 Å². The van der Waals surface area contributed by atoms with E-state index in [9.17, 15) is 9.59 Å². The van der Waals surface area contributed by atoms with Crippen LogP contribution in [0.2, 0.25) is 0 Å². The number of benzene rings is 1. The average Bonchev–Trinajstić information content (AvgIpc) is 2.67. The van der Waals surface area contributed by atoms with Gasteiger partial charge in [-0.1, -0.05) is 0 Å². The molecule has 1 aliphatic heterocycles. The van der Waals surface area contributed by atoms with Crippen molar-refractivity contribution in [2.45, 2.75) is 17.5 Å². The zero-order chi connectivity index (χ0) is 20.0. The molecule has 1 radical (unpaired) electrons. The first-order chi connectivity index (χ1) is 12.8. The van der Waals surface area contributed by atoms with Crippen molar-refractivity contribution in [1.82, 2.24) is 14.7 Å². The van der Waals surface area contributed by atoms with Crippen molar-refractivity contribution in [2.24, 2.45) is 0 Å². The van der Waals surface area contributed by atoms with Crippen molar-refractivity contribution in [3.63, 3.8) is 0 Å². The molecule has 0 unspecified atom stereocenters. The summed E-state index contributed by atoms with van der Waals surface area (Å²) in [5, 5.41) is 0. The molecule has 0 atom stereocenters. The fraction of sp³-hybridized carbons (Fsp3) is 0.579. The molecule has 1 aromatic carbocycles. The minimum atomic E-state index is -0.297. The van der Waals surface area contributed by atoms with E-state index in [0.29, 0.717) is 38.0 Å². The number of amides is 2. The van der Waals surface area contributed by atoms with Gasteiger partial charge in [-0.2, -0.15) is 0 Å². The summed E-state index contributed by atoms with van der Waals surface area (Å²) < 4.78 is -0.297. The van der Waals surface area contributed by atoms with Gasteiger partial charge in [0.05, 0.1) is 0 Å². The molecule has 28 heavy (non-hydrogen) atoms. The molecule has 6 nitrogen and oxygen atoms in total. The molecule has 1 fully saturated rings. The van der Waals surface area contributed by atoms with E-state index < -0.39 is 0 Å². The summed E-state index contributed by atoms with van der Waals surface area (Å²) in [6.45, 7) is 3.39. The Morgan fingerprint density at radius 2 is 1.61 bits per heavy atom. The standard InChI is InChI=1S/C19H30N4O2S2.Au/c1-20(2)16-8-6-15(7-9-16)18(25)21(3)10-4-5-17(24)22-11-13-23(14-12-22)19(26)27;/h6-9,19,26-27H,4-5,10-14H2,1-3H3;/p-2. The molecule has 0 bridgehead atoms. The van der Waals surface area contributed by atoms with E-state index >= 15 is 0 Å². The van der Waals surface area contributed by atoms with Crippen LogP contribution in [0.15, 0.2) is 24.3 Å². The van der Waals surface area contributed by atoms with Gasteiger partial charge in [0, 0.05) is 93.9 Å². The van der Waals surface area contributed by atoms with Crippen molar-refractivity contribution in [2.75, 3.05) is 58.8 Å². The van der Waals surface area contributed by atoms with Gasteiger partial charge in [0.2, 0.25) is 5.91 Å². The Morgan fingerprint density at radius 3 is 2.11 bits per heavy atom. The Balaban J connectivity index is 0.00000392. The summed E-state index contributed by atoms with van der Waals surface area (Å²) in [5.74, 6) is 0.111. The molecule has 1 saturated heterocycles. The normalized spacial score (nSPS) is 14.6. The van der Waals surface area contributed by atoms with Crippen molar-refractivity contribution in [3.05, 3.63) is 29.8 Å². The van der Waals surface area contributed by atoms with Gasteiger partial charge in [0.1, 0.15) is 0 Å². The minimum Gasteiger partial charge on any atom is -0.800 e. The zero-order valence-electron chi connectivity index (χ0n) is 16.6. The van der Waals surface area contributed by atoms with Gasteiger partial charge in [0.25, 0.3) is 5.91 Å². The Bertz CT molecular complexity index is 635. The van der Waals surface area contributed by atoms with Crippen LogP contribution in [0, 0.1) is 0 Å². The van der Waals surface area contributed by atoms with Crippen LogP contribution in [0.1, 0.15) is 23.2 Å². The Hall–Kier alpha value is -0.640. The molecule has 1 aliphatic rings. The van der Waals surface area contributed by atoms with Crippen molar-refractivity contribution in [3.8, 4) is 0 Å².